The number of aryl methyl sites for hydroxylation is 1. The SMILES string of the molecule is CC(C)CN1CCN(C(=O)NCCCc2ccccc2)CC1. The van der Waals surface area contributed by atoms with Crippen molar-refractivity contribution in [2.24, 2.45) is 5.92 Å². The fourth-order valence-corrected chi connectivity index (χ4v) is 2.89. The number of piperazine rings is 1. The number of nitrogens with one attached hydrogen (secondary N) is 1. The van der Waals surface area contributed by atoms with E-state index in [4.69, 9.17) is 0 Å². The van der Waals surface area contributed by atoms with Crippen LogP contribution < -0.4 is 5.32 Å². The minimum atomic E-state index is 0.0947. The molecule has 1 aromatic carbocycles. The van der Waals surface area contributed by atoms with Crippen LogP contribution in [0.5, 0.6) is 0 Å². The van der Waals surface area contributed by atoms with E-state index in [-0.39, 0.29) is 6.03 Å². The average molecular weight is 303 g/mol. The normalized spacial score (nSPS) is 16.0. The summed E-state index contributed by atoms with van der Waals surface area (Å²) in [7, 11) is 0. The van der Waals surface area contributed by atoms with E-state index in [1.165, 1.54) is 5.56 Å². The lowest BCUT2D eigenvalue weighted by Gasteiger charge is -2.35. The van der Waals surface area contributed by atoms with Crippen molar-refractivity contribution < 1.29 is 4.79 Å². The summed E-state index contributed by atoms with van der Waals surface area (Å²) in [4.78, 5) is 16.5. The Kier molecular flexibility index (Phi) is 6.72. The van der Waals surface area contributed by atoms with Gasteiger partial charge in [-0.15, -0.1) is 0 Å². The minimum absolute atomic E-state index is 0.0947. The molecule has 1 aliphatic rings. The molecule has 1 heterocycles. The first-order chi connectivity index (χ1) is 10.6. The molecule has 1 fully saturated rings. The maximum absolute atomic E-state index is 12.1. The molecular formula is C18H29N3O. The molecule has 0 bridgehead atoms. The van der Waals surface area contributed by atoms with Gasteiger partial charge in [0, 0.05) is 39.3 Å². The summed E-state index contributed by atoms with van der Waals surface area (Å²) in [6, 6.07) is 10.5. The van der Waals surface area contributed by atoms with Crippen LogP contribution in [0.15, 0.2) is 30.3 Å². The summed E-state index contributed by atoms with van der Waals surface area (Å²) >= 11 is 0. The van der Waals surface area contributed by atoms with Gasteiger partial charge in [-0.25, -0.2) is 4.79 Å². The highest BCUT2D eigenvalue weighted by molar-refractivity contribution is 5.74. The molecule has 4 nitrogen and oxygen atoms in total. The molecule has 1 N–H and O–H groups in total. The van der Waals surface area contributed by atoms with E-state index < -0.39 is 0 Å². The quantitative estimate of drug-likeness (QED) is 0.820. The molecule has 0 unspecified atom stereocenters. The van der Waals surface area contributed by atoms with E-state index in [2.05, 4.69) is 48.3 Å². The zero-order valence-electron chi connectivity index (χ0n) is 13.9. The molecule has 2 rings (SSSR count). The Bertz CT molecular complexity index is 439. The van der Waals surface area contributed by atoms with Crippen molar-refractivity contribution in [3.05, 3.63) is 35.9 Å². The van der Waals surface area contributed by atoms with Crippen LogP contribution in [0.2, 0.25) is 0 Å². The summed E-state index contributed by atoms with van der Waals surface area (Å²) in [5.41, 5.74) is 1.33. The van der Waals surface area contributed by atoms with Crippen LogP contribution in [0.1, 0.15) is 25.8 Å². The van der Waals surface area contributed by atoms with Crippen molar-refractivity contribution >= 4 is 6.03 Å². The van der Waals surface area contributed by atoms with Crippen LogP contribution >= 0.6 is 0 Å². The molecule has 0 atom stereocenters. The zero-order chi connectivity index (χ0) is 15.8. The third-order valence-corrected chi connectivity index (χ3v) is 4.04. The fourth-order valence-electron chi connectivity index (χ4n) is 2.89. The van der Waals surface area contributed by atoms with Gasteiger partial charge in [-0.2, -0.15) is 0 Å². The maximum atomic E-state index is 12.1. The first kappa shape index (κ1) is 16.8. The van der Waals surface area contributed by atoms with Gasteiger partial charge in [-0.3, -0.25) is 4.90 Å². The van der Waals surface area contributed by atoms with Gasteiger partial charge in [0.1, 0.15) is 0 Å². The third kappa shape index (κ3) is 5.68. The Morgan fingerprint density at radius 2 is 1.82 bits per heavy atom. The zero-order valence-corrected chi connectivity index (χ0v) is 13.9. The fraction of sp³-hybridized carbons (Fsp3) is 0.611. The molecule has 1 aromatic rings. The molecule has 2 amide bonds. The molecule has 0 radical (unpaired) electrons. The van der Waals surface area contributed by atoms with Gasteiger partial charge < -0.3 is 10.2 Å². The minimum Gasteiger partial charge on any atom is -0.338 e. The van der Waals surface area contributed by atoms with Crippen molar-refractivity contribution in [3.63, 3.8) is 0 Å². The van der Waals surface area contributed by atoms with Gasteiger partial charge in [-0.05, 0) is 24.3 Å². The van der Waals surface area contributed by atoms with Crippen molar-refractivity contribution in [2.45, 2.75) is 26.7 Å². The molecule has 1 aliphatic heterocycles. The number of nitrogens with zero attached hydrogens (tertiary/aromatic N) is 2. The van der Waals surface area contributed by atoms with Crippen LogP contribution in [0.3, 0.4) is 0 Å². The molecule has 0 spiro atoms. The average Bonchev–Trinajstić information content (AvgIpc) is 2.52. The lowest BCUT2D eigenvalue weighted by Crippen LogP contribution is -2.52. The third-order valence-electron chi connectivity index (χ3n) is 4.04. The second-order valence-electron chi connectivity index (χ2n) is 6.50. The van der Waals surface area contributed by atoms with Crippen molar-refractivity contribution in [1.29, 1.82) is 0 Å². The Labute approximate surface area is 134 Å². The summed E-state index contributed by atoms with van der Waals surface area (Å²) < 4.78 is 0. The van der Waals surface area contributed by atoms with Crippen molar-refractivity contribution in [2.75, 3.05) is 39.3 Å². The van der Waals surface area contributed by atoms with Gasteiger partial charge in [-0.1, -0.05) is 44.2 Å². The monoisotopic (exact) mass is 303 g/mol. The van der Waals surface area contributed by atoms with Crippen LogP contribution in [0.4, 0.5) is 4.79 Å². The standard InChI is InChI=1S/C18H29N3O/c1-16(2)15-20-11-13-21(14-12-20)18(22)19-10-6-9-17-7-4-3-5-8-17/h3-5,7-8,16H,6,9-15H2,1-2H3,(H,19,22). The van der Waals surface area contributed by atoms with E-state index in [1.807, 2.05) is 11.0 Å². The Morgan fingerprint density at radius 1 is 1.14 bits per heavy atom. The Hall–Kier alpha value is -1.55. The number of benzene rings is 1. The lowest BCUT2D eigenvalue weighted by molar-refractivity contribution is 0.131. The summed E-state index contributed by atoms with van der Waals surface area (Å²) in [5.74, 6) is 0.693. The van der Waals surface area contributed by atoms with Gasteiger partial charge >= 0.3 is 6.03 Å². The number of carbonyl (C=O) groups excluding carboxylic acids is 1. The predicted octanol–water partition coefficient (Wildman–Crippen LogP) is 2.60. The van der Waals surface area contributed by atoms with Gasteiger partial charge in [0.25, 0.3) is 0 Å². The highest BCUT2D eigenvalue weighted by Crippen LogP contribution is 2.06. The van der Waals surface area contributed by atoms with Gasteiger partial charge in [0.15, 0.2) is 0 Å². The smallest absolute Gasteiger partial charge is 0.317 e. The Morgan fingerprint density at radius 3 is 2.45 bits per heavy atom. The second-order valence-corrected chi connectivity index (χ2v) is 6.50. The predicted molar refractivity (Wildman–Crippen MR) is 91.0 cm³/mol. The molecule has 0 aromatic heterocycles. The highest BCUT2D eigenvalue weighted by Gasteiger charge is 2.20. The van der Waals surface area contributed by atoms with Crippen molar-refractivity contribution in [1.82, 2.24) is 15.1 Å². The van der Waals surface area contributed by atoms with Crippen LogP contribution in [-0.4, -0.2) is 55.1 Å². The van der Waals surface area contributed by atoms with Crippen LogP contribution in [0.25, 0.3) is 0 Å². The molecule has 22 heavy (non-hydrogen) atoms. The topological polar surface area (TPSA) is 35.6 Å². The highest BCUT2D eigenvalue weighted by atomic mass is 16.2. The molecular weight excluding hydrogens is 274 g/mol. The van der Waals surface area contributed by atoms with Crippen LogP contribution in [0, 0.1) is 5.92 Å². The molecule has 0 saturated carbocycles. The number of hydrogen-bond acceptors (Lipinski definition) is 2. The van der Waals surface area contributed by atoms with E-state index in [0.29, 0.717) is 5.92 Å². The van der Waals surface area contributed by atoms with Crippen molar-refractivity contribution in [3.8, 4) is 0 Å². The summed E-state index contributed by atoms with van der Waals surface area (Å²) in [6.45, 7) is 10.0. The second kappa shape index (κ2) is 8.79. The van der Waals surface area contributed by atoms with E-state index in [0.717, 1.165) is 52.1 Å². The first-order valence-corrected chi connectivity index (χ1v) is 8.44. The number of rotatable bonds is 6. The van der Waals surface area contributed by atoms with E-state index >= 15 is 0 Å². The first-order valence-electron chi connectivity index (χ1n) is 8.44. The van der Waals surface area contributed by atoms with Gasteiger partial charge in [0.05, 0.1) is 0 Å². The number of urea groups is 1. The Balaban J connectivity index is 1.60. The molecule has 122 valence electrons. The number of carbonyl (C=O) groups is 1. The molecule has 1 saturated heterocycles. The molecule has 4 heteroatoms. The summed E-state index contributed by atoms with van der Waals surface area (Å²) in [6.07, 6.45) is 2.01. The van der Waals surface area contributed by atoms with Gasteiger partial charge in [0.2, 0.25) is 0 Å². The van der Waals surface area contributed by atoms with Crippen LogP contribution in [-0.2, 0) is 6.42 Å². The number of amides is 2. The molecule has 0 aliphatic carbocycles. The van der Waals surface area contributed by atoms with E-state index in [1.54, 1.807) is 0 Å². The lowest BCUT2D eigenvalue weighted by atomic mass is 10.1. The maximum Gasteiger partial charge on any atom is 0.317 e. The largest absolute Gasteiger partial charge is 0.338 e. The van der Waals surface area contributed by atoms with E-state index in [9.17, 15) is 4.79 Å². The number of hydrogen-bond donors (Lipinski definition) is 1. The summed E-state index contributed by atoms with van der Waals surface area (Å²) in [5, 5.41) is 3.05.